The quantitative estimate of drug-likeness (QED) is 0.273. The molecule has 3 aromatic carbocycles. The molecular weight excluding hydrogens is 448 g/mol. The van der Waals surface area contributed by atoms with Crippen LogP contribution >= 0.6 is 0 Å². The van der Waals surface area contributed by atoms with Crippen LogP contribution in [-0.4, -0.2) is 41.3 Å². The molecule has 0 atom stereocenters. The Hall–Kier alpha value is -4.57. The monoisotopic (exact) mass is 472 g/mol. The van der Waals surface area contributed by atoms with E-state index >= 15 is 0 Å². The molecule has 7 nitrogen and oxygen atoms in total. The third-order valence-corrected chi connectivity index (χ3v) is 5.40. The molecule has 0 aliphatic heterocycles. The molecule has 178 valence electrons. The van der Waals surface area contributed by atoms with Gasteiger partial charge >= 0.3 is 0 Å². The number of benzene rings is 3. The standard InChI is InChI=1S/C28H24O7/c1-30-21-8-6-7-17(11-21)9-10-18-12-19-13-24(35-23(19)16-22(18)31-2)27(29)20-14-25(32-3)28(34-5)26(15-20)33-4/h6-8,11-16H,1-5H3. The Balaban J connectivity index is 1.73. The molecule has 0 fully saturated rings. The highest BCUT2D eigenvalue weighted by Gasteiger charge is 2.21. The van der Waals surface area contributed by atoms with Gasteiger partial charge in [-0.25, -0.2) is 0 Å². The molecule has 35 heavy (non-hydrogen) atoms. The van der Waals surface area contributed by atoms with E-state index < -0.39 is 0 Å². The first-order valence-corrected chi connectivity index (χ1v) is 10.6. The van der Waals surface area contributed by atoms with E-state index in [0.717, 1.165) is 16.7 Å². The minimum Gasteiger partial charge on any atom is -0.497 e. The van der Waals surface area contributed by atoms with Crippen molar-refractivity contribution in [3.63, 3.8) is 0 Å². The SMILES string of the molecule is COc1cccc(C#Cc2cc3cc(C(=O)c4cc(OC)c(OC)c(OC)c4)oc3cc2OC)c1. The molecule has 0 saturated carbocycles. The highest BCUT2D eigenvalue weighted by Crippen LogP contribution is 2.39. The Morgan fingerprint density at radius 2 is 1.46 bits per heavy atom. The molecule has 4 aromatic rings. The van der Waals surface area contributed by atoms with Gasteiger partial charge in [-0.3, -0.25) is 4.79 Å². The molecule has 1 heterocycles. The van der Waals surface area contributed by atoms with Gasteiger partial charge in [-0.05, 0) is 42.5 Å². The van der Waals surface area contributed by atoms with Gasteiger partial charge < -0.3 is 28.1 Å². The van der Waals surface area contributed by atoms with E-state index in [1.165, 1.54) is 21.3 Å². The molecule has 7 heteroatoms. The molecule has 0 aliphatic rings. The molecule has 1 aromatic heterocycles. The molecule has 0 amide bonds. The summed E-state index contributed by atoms with van der Waals surface area (Å²) < 4.78 is 32.7. The molecule has 0 bridgehead atoms. The molecule has 0 spiro atoms. The van der Waals surface area contributed by atoms with Gasteiger partial charge in [0, 0.05) is 22.6 Å². The minimum absolute atomic E-state index is 0.161. The Morgan fingerprint density at radius 1 is 0.743 bits per heavy atom. The van der Waals surface area contributed by atoms with Gasteiger partial charge in [-0.1, -0.05) is 17.9 Å². The fourth-order valence-corrected chi connectivity index (χ4v) is 3.64. The third kappa shape index (κ3) is 4.73. The Morgan fingerprint density at radius 3 is 2.09 bits per heavy atom. The van der Waals surface area contributed by atoms with Crippen molar-refractivity contribution >= 4 is 16.8 Å². The largest absolute Gasteiger partial charge is 0.497 e. The summed E-state index contributed by atoms with van der Waals surface area (Å²) in [5.41, 5.74) is 2.31. The number of methoxy groups -OCH3 is 5. The zero-order valence-corrected chi connectivity index (χ0v) is 20.1. The lowest BCUT2D eigenvalue weighted by Crippen LogP contribution is -2.03. The van der Waals surface area contributed by atoms with E-state index in [2.05, 4.69) is 11.8 Å². The second-order valence-electron chi connectivity index (χ2n) is 7.43. The van der Waals surface area contributed by atoms with Crippen LogP contribution in [0.1, 0.15) is 27.2 Å². The zero-order chi connectivity index (χ0) is 24.9. The first-order chi connectivity index (χ1) is 17.0. The number of carbonyl (C=O) groups excluding carboxylic acids is 1. The van der Waals surface area contributed by atoms with Gasteiger partial charge in [0.25, 0.3) is 0 Å². The van der Waals surface area contributed by atoms with Crippen molar-refractivity contribution in [2.45, 2.75) is 0 Å². The molecule has 4 rings (SSSR count). The molecule has 0 radical (unpaired) electrons. The van der Waals surface area contributed by atoms with Gasteiger partial charge in [0.15, 0.2) is 17.3 Å². The maximum Gasteiger partial charge on any atom is 0.228 e. The van der Waals surface area contributed by atoms with Gasteiger partial charge in [0.2, 0.25) is 11.5 Å². The van der Waals surface area contributed by atoms with Crippen LogP contribution < -0.4 is 23.7 Å². The number of rotatable bonds is 7. The van der Waals surface area contributed by atoms with Crippen LogP contribution in [0.15, 0.2) is 59.0 Å². The lowest BCUT2D eigenvalue weighted by molar-refractivity contribution is 0.101. The van der Waals surface area contributed by atoms with Crippen molar-refractivity contribution < 1.29 is 32.9 Å². The van der Waals surface area contributed by atoms with Crippen molar-refractivity contribution in [1.82, 2.24) is 0 Å². The fraction of sp³-hybridized carbons (Fsp3) is 0.179. The summed E-state index contributed by atoms with van der Waals surface area (Å²) in [5, 5.41) is 0.719. The predicted molar refractivity (Wildman–Crippen MR) is 131 cm³/mol. The van der Waals surface area contributed by atoms with Gasteiger partial charge in [-0.2, -0.15) is 0 Å². The average molecular weight is 472 g/mol. The summed E-state index contributed by atoms with van der Waals surface area (Å²) in [6, 6.07) is 15.9. The van der Waals surface area contributed by atoms with Gasteiger partial charge in [-0.15, -0.1) is 0 Å². The molecule has 0 unspecified atom stereocenters. The number of ether oxygens (including phenoxy) is 5. The Kier molecular flexibility index (Phi) is 6.83. The number of carbonyl (C=O) groups is 1. The number of hydrogen-bond donors (Lipinski definition) is 0. The molecule has 0 aliphatic carbocycles. The van der Waals surface area contributed by atoms with Crippen LogP contribution in [0.4, 0.5) is 0 Å². The summed E-state index contributed by atoms with van der Waals surface area (Å²) >= 11 is 0. The first-order valence-electron chi connectivity index (χ1n) is 10.6. The Bertz CT molecular complexity index is 1430. The van der Waals surface area contributed by atoms with E-state index in [4.69, 9.17) is 28.1 Å². The number of fused-ring (bicyclic) bond motifs is 1. The smallest absolute Gasteiger partial charge is 0.228 e. The van der Waals surface area contributed by atoms with Crippen LogP contribution in [-0.2, 0) is 0 Å². The topological polar surface area (TPSA) is 76.4 Å². The normalized spacial score (nSPS) is 10.3. The van der Waals surface area contributed by atoms with Crippen molar-refractivity contribution in [3.8, 4) is 40.6 Å². The first kappa shape index (κ1) is 23.6. The summed E-state index contributed by atoms with van der Waals surface area (Å²) in [4.78, 5) is 13.2. The highest BCUT2D eigenvalue weighted by atomic mass is 16.5. The van der Waals surface area contributed by atoms with Crippen molar-refractivity contribution in [2.24, 2.45) is 0 Å². The summed E-state index contributed by atoms with van der Waals surface area (Å²) in [5.74, 6) is 8.50. The number of ketones is 1. The molecule has 0 saturated heterocycles. The molecular formula is C28H24O7. The highest BCUT2D eigenvalue weighted by molar-refractivity contribution is 6.09. The van der Waals surface area contributed by atoms with Crippen LogP contribution in [0.3, 0.4) is 0 Å². The number of furan rings is 1. The lowest BCUT2D eigenvalue weighted by Gasteiger charge is -2.13. The zero-order valence-electron chi connectivity index (χ0n) is 20.1. The molecule has 0 N–H and O–H groups in total. The van der Waals surface area contributed by atoms with E-state index in [9.17, 15) is 4.79 Å². The second-order valence-corrected chi connectivity index (χ2v) is 7.43. The lowest BCUT2D eigenvalue weighted by atomic mass is 10.1. The fourth-order valence-electron chi connectivity index (χ4n) is 3.64. The summed E-state index contributed by atoms with van der Waals surface area (Å²) in [6.07, 6.45) is 0. The number of hydrogen-bond acceptors (Lipinski definition) is 7. The van der Waals surface area contributed by atoms with Crippen LogP contribution in [0.5, 0.6) is 28.7 Å². The maximum atomic E-state index is 13.2. The summed E-state index contributed by atoms with van der Waals surface area (Å²) in [7, 11) is 7.66. The van der Waals surface area contributed by atoms with E-state index in [-0.39, 0.29) is 11.5 Å². The van der Waals surface area contributed by atoms with Crippen molar-refractivity contribution in [2.75, 3.05) is 35.5 Å². The minimum atomic E-state index is -0.330. The maximum absolute atomic E-state index is 13.2. The summed E-state index contributed by atoms with van der Waals surface area (Å²) in [6.45, 7) is 0. The van der Waals surface area contributed by atoms with Crippen LogP contribution in [0, 0.1) is 11.8 Å². The van der Waals surface area contributed by atoms with E-state index in [0.29, 0.717) is 39.7 Å². The Labute approximate surface area is 203 Å². The average Bonchev–Trinajstić information content (AvgIpc) is 3.32. The van der Waals surface area contributed by atoms with Gasteiger partial charge in [0.1, 0.15) is 17.1 Å². The van der Waals surface area contributed by atoms with Crippen LogP contribution in [0.25, 0.3) is 11.0 Å². The second kappa shape index (κ2) is 10.1. The van der Waals surface area contributed by atoms with Crippen molar-refractivity contribution in [1.29, 1.82) is 0 Å². The van der Waals surface area contributed by atoms with Crippen molar-refractivity contribution in [3.05, 3.63) is 77.0 Å². The van der Waals surface area contributed by atoms with Gasteiger partial charge in [0.05, 0.1) is 41.1 Å². The third-order valence-electron chi connectivity index (χ3n) is 5.40. The predicted octanol–water partition coefficient (Wildman–Crippen LogP) is 5.11. The van der Waals surface area contributed by atoms with E-state index in [1.54, 1.807) is 38.5 Å². The van der Waals surface area contributed by atoms with E-state index in [1.807, 2.05) is 30.3 Å². The van der Waals surface area contributed by atoms with Crippen LogP contribution in [0.2, 0.25) is 0 Å².